The van der Waals surface area contributed by atoms with Crippen molar-refractivity contribution >= 4 is 22.6 Å². The molecule has 1 aromatic rings. The third kappa shape index (κ3) is 1.54. The van der Waals surface area contributed by atoms with Crippen LogP contribution in [0.15, 0.2) is 24.3 Å². The van der Waals surface area contributed by atoms with E-state index in [0.717, 1.165) is 12.8 Å². The Morgan fingerprint density at radius 3 is 2.43 bits per heavy atom. The molecule has 2 heteroatoms. The molecular weight excluding hydrogens is 285 g/mol. The topological polar surface area (TPSA) is 23.8 Å². The van der Waals surface area contributed by atoms with Gasteiger partial charge in [-0.1, -0.05) is 31.0 Å². The number of rotatable bonds is 1. The molecule has 0 atom stereocenters. The Bertz CT molecular complexity index is 372. The molecule has 0 heterocycles. The average Bonchev–Trinajstić information content (AvgIpc) is 2.68. The second-order valence-electron chi connectivity index (χ2n) is 3.88. The van der Waals surface area contributed by atoms with Crippen molar-refractivity contribution in [1.82, 2.24) is 0 Å². The quantitative estimate of drug-likeness (QED) is 0.726. The maximum atomic E-state index is 9.34. The first-order valence-electron chi connectivity index (χ1n) is 4.95. The van der Waals surface area contributed by atoms with E-state index in [1.807, 2.05) is 12.1 Å². The Labute approximate surface area is 98.3 Å². The van der Waals surface area contributed by atoms with Crippen LogP contribution in [0.1, 0.15) is 31.2 Å². The zero-order valence-electron chi connectivity index (χ0n) is 7.96. The van der Waals surface area contributed by atoms with E-state index in [1.54, 1.807) is 0 Å². The smallest absolute Gasteiger partial charge is 0.0832 e. The Morgan fingerprint density at radius 1 is 1.21 bits per heavy atom. The minimum Gasteiger partial charge on any atom is -0.197 e. The molecule has 1 aromatic carbocycles. The molecule has 0 amide bonds. The summed E-state index contributed by atoms with van der Waals surface area (Å²) in [5.41, 5.74) is 1.05. The summed E-state index contributed by atoms with van der Waals surface area (Å²) >= 11 is 2.33. The molecule has 1 aliphatic rings. The van der Waals surface area contributed by atoms with Crippen LogP contribution < -0.4 is 0 Å². The van der Waals surface area contributed by atoms with E-state index in [9.17, 15) is 5.26 Å². The fourth-order valence-corrected chi connectivity index (χ4v) is 3.17. The summed E-state index contributed by atoms with van der Waals surface area (Å²) in [6, 6.07) is 10.8. The molecule has 2 rings (SSSR count). The molecular formula is C12H12IN. The van der Waals surface area contributed by atoms with Crippen LogP contribution in [0.2, 0.25) is 0 Å². The molecule has 0 aliphatic heterocycles. The third-order valence-corrected chi connectivity index (χ3v) is 4.00. The van der Waals surface area contributed by atoms with Gasteiger partial charge in [0.15, 0.2) is 0 Å². The van der Waals surface area contributed by atoms with E-state index in [0.29, 0.717) is 0 Å². The number of nitrogens with zero attached hydrogens (tertiary/aromatic N) is 1. The van der Waals surface area contributed by atoms with Crippen molar-refractivity contribution in [3.05, 3.63) is 33.4 Å². The molecule has 72 valence electrons. The van der Waals surface area contributed by atoms with Gasteiger partial charge in [0, 0.05) is 3.57 Å². The number of hydrogen-bond acceptors (Lipinski definition) is 1. The predicted octanol–water partition coefficient (Wildman–Crippen LogP) is 3.63. The van der Waals surface area contributed by atoms with Crippen molar-refractivity contribution in [3.8, 4) is 6.07 Å². The van der Waals surface area contributed by atoms with Crippen LogP contribution in [-0.4, -0.2) is 0 Å². The van der Waals surface area contributed by atoms with Gasteiger partial charge in [-0.25, -0.2) is 0 Å². The summed E-state index contributed by atoms with van der Waals surface area (Å²) in [5.74, 6) is 0. The number of nitriles is 1. The molecule has 0 unspecified atom stereocenters. The van der Waals surface area contributed by atoms with Crippen LogP contribution in [0.4, 0.5) is 0 Å². The molecule has 1 saturated carbocycles. The van der Waals surface area contributed by atoms with Gasteiger partial charge in [-0.15, -0.1) is 0 Å². The minimum atomic E-state index is -0.183. The lowest BCUT2D eigenvalue weighted by Crippen LogP contribution is -2.20. The Morgan fingerprint density at radius 2 is 1.86 bits per heavy atom. The van der Waals surface area contributed by atoms with E-state index in [-0.39, 0.29) is 5.41 Å². The van der Waals surface area contributed by atoms with Crippen molar-refractivity contribution in [2.45, 2.75) is 31.1 Å². The molecule has 0 N–H and O–H groups in total. The highest BCUT2D eigenvalue weighted by Gasteiger charge is 2.36. The van der Waals surface area contributed by atoms with Crippen molar-refractivity contribution in [1.29, 1.82) is 5.26 Å². The third-order valence-electron chi connectivity index (χ3n) is 3.06. The molecule has 14 heavy (non-hydrogen) atoms. The number of halogens is 1. The first-order chi connectivity index (χ1) is 6.78. The van der Waals surface area contributed by atoms with E-state index in [4.69, 9.17) is 0 Å². The van der Waals surface area contributed by atoms with E-state index < -0.39 is 0 Å². The highest BCUT2D eigenvalue weighted by atomic mass is 127. The van der Waals surface area contributed by atoms with Crippen molar-refractivity contribution in [3.63, 3.8) is 0 Å². The lowest BCUT2D eigenvalue weighted by Gasteiger charge is -2.21. The summed E-state index contributed by atoms with van der Waals surface area (Å²) in [6.07, 6.45) is 4.45. The second kappa shape index (κ2) is 3.90. The van der Waals surface area contributed by atoms with Gasteiger partial charge in [-0.3, -0.25) is 0 Å². The van der Waals surface area contributed by atoms with Crippen molar-refractivity contribution < 1.29 is 0 Å². The zero-order valence-corrected chi connectivity index (χ0v) is 10.1. The van der Waals surface area contributed by atoms with Crippen LogP contribution in [0.25, 0.3) is 0 Å². The SMILES string of the molecule is N#CC1(c2ccccc2I)CCCC1. The second-order valence-corrected chi connectivity index (χ2v) is 5.04. The Kier molecular flexibility index (Phi) is 2.78. The van der Waals surface area contributed by atoms with Gasteiger partial charge in [0.25, 0.3) is 0 Å². The van der Waals surface area contributed by atoms with Crippen LogP contribution in [0, 0.1) is 14.9 Å². The monoisotopic (exact) mass is 297 g/mol. The normalized spacial score (nSPS) is 19.1. The van der Waals surface area contributed by atoms with Gasteiger partial charge in [-0.2, -0.15) is 5.26 Å². The minimum absolute atomic E-state index is 0.183. The zero-order chi connectivity index (χ0) is 10.0. The lowest BCUT2D eigenvalue weighted by molar-refractivity contribution is 0.570. The average molecular weight is 297 g/mol. The maximum absolute atomic E-state index is 9.34. The van der Waals surface area contributed by atoms with Gasteiger partial charge in [0.2, 0.25) is 0 Å². The fraction of sp³-hybridized carbons (Fsp3) is 0.417. The molecule has 0 aromatic heterocycles. The first-order valence-corrected chi connectivity index (χ1v) is 6.03. The van der Waals surface area contributed by atoms with Crippen LogP contribution in [0.3, 0.4) is 0 Å². The van der Waals surface area contributed by atoms with Crippen molar-refractivity contribution in [2.75, 3.05) is 0 Å². The summed E-state index contributed by atoms with van der Waals surface area (Å²) in [6.45, 7) is 0. The van der Waals surface area contributed by atoms with Gasteiger partial charge in [0.1, 0.15) is 0 Å². The molecule has 0 radical (unpaired) electrons. The Hall–Kier alpha value is -0.560. The van der Waals surface area contributed by atoms with Gasteiger partial charge in [0.05, 0.1) is 11.5 Å². The van der Waals surface area contributed by atoms with E-state index >= 15 is 0 Å². The summed E-state index contributed by atoms with van der Waals surface area (Å²) in [5, 5.41) is 9.34. The lowest BCUT2D eigenvalue weighted by atomic mass is 9.80. The number of benzene rings is 1. The first kappa shape index (κ1) is 9.97. The van der Waals surface area contributed by atoms with Gasteiger partial charge < -0.3 is 0 Å². The highest BCUT2D eigenvalue weighted by molar-refractivity contribution is 14.1. The molecule has 1 nitrogen and oxygen atoms in total. The van der Waals surface area contributed by atoms with Crippen LogP contribution in [0.5, 0.6) is 0 Å². The van der Waals surface area contributed by atoms with Crippen LogP contribution in [-0.2, 0) is 5.41 Å². The molecule has 0 saturated heterocycles. The summed E-state index contributed by atoms with van der Waals surface area (Å²) in [7, 11) is 0. The molecule has 1 fully saturated rings. The van der Waals surface area contributed by atoms with Gasteiger partial charge in [-0.05, 0) is 47.1 Å². The molecule has 0 spiro atoms. The predicted molar refractivity (Wildman–Crippen MR) is 64.9 cm³/mol. The molecule has 1 aliphatic carbocycles. The largest absolute Gasteiger partial charge is 0.197 e. The maximum Gasteiger partial charge on any atom is 0.0832 e. The fourth-order valence-electron chi connectivity index (χ4n) is 2.27. The van der Waals surface area contributed by atoms with Gasteiger partial charge >= 0.3 is 0 Å². The number of hydrogen-bond donors (Lipinski definition) is 0. The van der Waals surface area contributed by atoms with E-state index in [2.05, 4.69) is 40.8 Å². The van der Waals surface area contributed by atoms with Crippen molar-refractivity contribution in [2.24, 2.45) is 0 Å². The summed E-state index contributed by atoms with van der Waals surface area (Å²) in [4.78, 5) is 0. The molecule has 0 bridgehead atoms. The summed E-state index contributed by atoms with van der Waals surface area (Å²) < 4.78 is 1.23. The standard InChI is InChI=1S/C12H12IN/c13-11-6-2-1-5-10(11)12(9-14)7-3-4-8-12/h1-2,5-6H,3-4,7-8H2. The van der Waals surface area contributed by atoms with Crippen LogP contribution >= 0.6 is 22.6 Å². The Balaban J connectivity index is 2.47. The van der Waals surface area contributed by atoms with E-state index in [1.165, 1.54) is 22.0 Å². The highest BCUT2D eigenvalue weighted by Crippen LogP contribution is 2.42.